The van der Waals surface area contributed by atoms with E-state index in [-0.39, 0.29) is 13.2 Å². The maximum absolute atomic E-state index is 11.5. The van der Waals surface area contributed by atoms with E-state index in [9.17, 15) is 14.4 Å². The number of methoxy groups -OCH3 is 1. The van der Waals surface area contributed by atoms with Gasteiger partial charge < -0.3 is 25.2 Å². The van der Waals surface area contributed by atoms with Crippen molar-refractivity contribution < 1.29 is 29.0 Å². The number of esters is 1. The van der Waals surface area contributed by atoms with Crippen molar-refractivity contribution in [3.05, 3.63) is 30.3 Å². The number of rotatable bonds is 8. The molecule has 8 heteroatoms. The third-order valence-corrected chi connectivity index (χ3v) is 2.56. The molecule has 0 spiro atoms. The molecule has 0 aliphatic carbocycles. The van der Waals surface area contributed by atoms with Crippen molar-refractivity contribution in [3.8, 4) is 5.75 Å². The second kappa shape index (κ2) is 9.35. The molecule has 120 valence electrons. The lowest BCUT2D eigenvalue weighted by atomic mass is 10.3. The van der Waals surface area contributed by atoms with Crippen LogP contribution < -0.4 is 15.4 Å². The molecule has 0 saturated carbocycles. The topological polar surface area (TPSA) is 114 Å². The minimum Gasteiger partial charge on any atom is -0.484 e. The second-order valence-corrected chi connectivity index (χ2v) is 4.20. The zero-order valence-electron chi connectivity index (χ0n) is 12.1. The molecule has 0 aliphatic heterocycles. The number of para-hydroxylation sites is 1. The molecular weight excluding hydrogens is 292 g/mol. The largest absolute Gasteiger partial charge is 0.484 e. The lowest BCUT2D eigenvalue weighted by molar-refractivity contribution is -0.146. The Morgan fingerprint density at radius 3 is 2.45 bits per heavy atom. The lowest BCUT2D eigenvalue weighted by Crippen LogP contribution is -2.48. The third kappa shape index (κ3) is 6.23. The summed E-state index contributed by atoms with van der Waals surface area (Å²) in [5.41, 5.74) is 0. The van der Waals surface area contributed by atoms with E-state index in [2.05, 4.69) is 15.4 Å². The maximum atomic E-state index is 11.5. The van der Waals surface area contributed by atoms with Gasteiger partial charge in [-0.05, 0) is 12.1 Å². The maximum Gasteiger partial charge on any atom is 0.330 e. The van der Waals surface area contributed by atoms with Crippen LogP contribution in [0, 0.1) is 0 Å². The zero-order valence-corrected chi connectivity index (χ0v) is 12.1. The highest BCUT2D eigenvalue weighted by molar-refractivity contribution is 5.88. The Balaban J connectivity index is 2.28. The molecule has 3 N–H and O–H groups in total. The summed E-state index contributed by atoms with van der Waals surface area (Å²) < 4.78 is 9.60. The summed E-state index contributed by atoms with van der Waals surface area (Å²) in [6, 6.07) is 7.58. The van der Waals surface area contributed by atoms with Gasteiger partial charge in [0.15, 0.2) is 12.6 Å². The van der Waals surface area contributed by atoms with E-state index in [1.54, 1.807) is 24.3 Å². The number of hydrogen-bond acceptors (Lipinski definition) is 6. The molecule has 22 heavy (non-hydrogen) atoms. The molecule has 1 atom stereocenters. The van der Waals surface area contributed by atoms with Crippen LogP contribution in [0.1, 0.15) is 0 Å². The van der Waals surface area contributed by atoms with Gasteiger partial charge in [0.1, 0.15) is 5.75 Å². The number of amides is 2. The molecule has 0 fully saturated rings. The van der Waals surface area contributed by atoms with Gasteiger partial charge in [0.05, 0.1) is 20.3 Å². The van der Waals surface area contributed by atoms with Gasteiger partial charge in [0.25, 0.3) is 5.91 Å². The van der Waals surface area contributed by atoms with Gasteiger partial charge in [-0.25, -0.2) is 4.79 Å². The number of aliphatic hydroxyl groups excluding tert-OH is 1. The highest BCUT2D eigenvalue weighted by atomic mass is 16.5. The molecule has 2 amide bonds. The molecule has 0 aromatic heterocycles. The van der Waals surface area contributed by atoms with Gasteiger partial charge in [-0.1, -0.05) is 18.2 Å². The lowest BCUT2D eigenvalue weighted by Gasteiger charge is -2.14. The summed E-state index contributed by atoms with van der Waals surface area (Å²) >= 11 is 0. The van der Waals surface area contributed by atoms with Crippen LogP contribution in [-0.4, -0.2) is 55.8 Å². The molecule has 0 unspecified atom stereocenters. The number of hydrogen-bond donors (Lipinski definition) is 3. The minimum atomic E-state index is -1.16. The molecule has 8 nitrogen and oxygen atoms in total. The van der Waals surface area contributed by atoms with Gasteiger partial charge in [0.2, 0.25) is 5.91 Å². The van der Waals surface area contributed by atoms with E-state index >= 15 is 0 Å². The average Bonchev–Trinajstić information content (AvgIpc) is 2.56. The van der Waals surface area contributed by atoms with Crippen molar-refractivity contribution in [1.82, 2.24) is 10.6 Å². The quantitative estimate of drug-likeness (QED) is 0.521. The van der Waals surface area contributed by atoms with E-state index in [1.807, 2.05) is 6.07 Å². The average molecular weight is 310 g/mol. The number of ether oxygens (including phenoxy) is 2. The molecular formula is C14H18N2O6. The van der Waals surface area contributed by atoms with E-state index in [0.29, 0.717) is 5.75 Å². The molecule has 0 heterocycles. The molecule has 0 saturated heterocycles. The summed E-state index contributed by atoms with van der Waals surface area (Å²) in [5.74, 6) is -1.35. The standard InChI is InChI=1S/C14H18N2O6/c1-21-14(20)11(8-17)16-12(18)7-15-13(19)9-22-10-5-3-2-4-6-10/h2-6,11,17H,7-9H2,1H3,(H,15,19)(H,16,18)/t11-/m1/s1. The van der Waals surface area contributed by atoms with E-state index in [0.717, 1.165) is 7.11 Å². The SMILES string of the molecule is COC(=O)[C@@H](CO)NC(=O)CNC(=O)COc1ccccc1. The number of aliphatic hydroxyl groups is 1. The van der Waals surface area contributed by atoms with Crippen LogP contribution in [0.3, 0.4) is 0 Å². The Bertz CT molecular complexity index is 505. The van der Waals surface area contributed by atoms with Crippen molar-refractivity contribution in [2.45, 2.75) is 6.04 Å². The predicted molar refractivity (Wildman–Crippen MR) is 76.0 cm³/mol. The number of nitrogens with one attached hydrogen (secondary N) is 2. The fourth-order valence-corrected chi connectivity index (χ4v) is 1.46. The number of benzene rings is 1. The highest BCUT2D eigenvalue weighted by Gasteiger charge is 2.20. The van der Waals surface area contributed by atoms with Gasteiger partial charge in [0, 0.05) is 0 Å². The number of carbonyl (C=O) groups excluding carboxylic acids is 3. The fraction of sp³-hybridized carbons (Fsp3) is 0.357. The first-order valence-electron chi connectivity index (χ1n) is 6.49. The fourth-order valence-electron chi connectivity index (χ4n) is 1.46. The Kier molecular flexibility index (Phi) is 7.41. The summed E-state index contributed by atoms with van der Waals surface area (Å²) in [5, 5.41) is 13.5. The Morgan fingerprint density at radius 1 is 1.18 bits per heavy atom. The first-order chi connectivity index (χ1) is 10.6. The van der Waals surface area contributed by atoms with Gasteiger partial charge in [-0.15, -0.1) is 0 Å². The van der Waals surface area contributed by atoms with Crippen molar-refractivity contribution in [2.75, 3.05) is 26.9 Å². The van der Waals surface area contributed by atoms with Crippen LogP contribution in [0.25, 0.3) is 0 Å². The van der Waals surface area contributed by atoms with Crippen LogP contribution in [-0.2, 0) is 19.1 Å². The molecule has 0 aliphatic rings. The Hall–Kier alpha value is -2.61. The van der Waals surface area contributed by atoms with Crippen molar-refractivity contribution in [3.63, 3.8) is 0 Å². The van der Waals surface area contributed by atoms with Crippen LogP contribution >= 0.6 is 0 Å². The zero-order chi connectivity index (χ0) is 16.4. The summed E-state index contributed by atoms with van der Waals surface area (Å²) in [4.78, 5) is 34.2. The third-order valence-electron chi connectivity index (χ3n) is 2.56. The molecule has 0 bridgehead atoms. The summed E-state index contributed by atoms with van der Waals surface area (Å²) in [6.07, 6.45) is 0. The molecule has 1 aromatic rings. The van der Waals surface area contributed by atoms with Gasteiger partial charge in [-0.2, -0.15) is 0 Å². The van der Waals surface area contributed by atoms with Crippen molar-refractivity contribution >= 4 is 17.8 Å². The van der Waals surface area contributed by atoms with E-state index in [1.165, 1.54) is 0 Å². The predicted octanol–water partition coefficient (Wildman–Crippen LogP) is -1.17. The smallest absolute Gasteiger partial charge is 0.330 e. The van der Waals surface area contributed by atoms with Crippen molar-refractivity contribution in [1.29, 1.82) is 0 Å². The van der Waals surface area contributed by atoms with Crippen LogP contribution in [0.4, 0.5) is 0 Å². The van der Waals surface area contributed by atoms with Crippen LogP contribution in [0.2, 0.25) is 0 Å². The van der Waals surface area contributed by atoms with Gasteiger partial charge in [-0.3, -0.25) is 9.59 Å². The Morgan fingerprint density at radius 2 is 1.86 bits per heavy atom. The first kappa shape index (κ1) is 17.4. The number of carbonyl (C=O) groups is 3. The molecule has 1 rings (SSSR count). The summed E-state index contributed by atoms with van der Waals surface area (Å²) in [7, 11) is 1.14. The van der Waals surface area contributed by atoms with Crippen LogP contribution in [0.5, 0.6) is 5.75 Å². The molecule has 0 radical (unpaired) electrons. The minimum absolute atomic E-state index is 0.238. The van der Waals surface area contributed by atoms with Crippen LogP contribution in [0.15, 0.2) is 30.3 Å². The monoisotopic (exact) mass is 310 g/mol. The van der Waals surface area contributed by atoms with E-state index < -0.39 is 30.4 Å². The first-order valence-corrected chi connectivity index (χ1v) is 6.49. The Labute approximate surface area is 127 Å². The molecule has 1 aromatic carbocycles. The highest BCUT2D eigenvalue weighted by Crippen LogP contribution is 2.07. The van der Waals surface area contributed by atoms with Gasteiger partial charge >= 0.3 is 5.97 Å². The second-order valence-electron chi connectivity index (χ2n) is 4.20. The van der Waals surface area contributed by atoms with Crippen molar-refractivity contribution in [2.24, 2.45) is 0 Å². The van der Waals surface area contributed by atoms with E-state index in [4.69, 9.17) is 9.84 Å². The summed E-state index contributed by atoms with van der Waals surface area (Å²) in [6.45, 7) is -1.17. The normalized spacial score (nSPS) is 11.2.